The van der Waals surface area contributed by atoms with Crippen LogP contribution in [0.2, 0.25) is 0 Å². The zero-order valence-corrected chi connectivity index (χ0v) is 6.44. The molecule has 0 spiro atoms. The van der Waals surface area contributed by atoms with Crippen molar-refractivity contribution >= 4 is 15.9 Å². The van der Waals surface area contributed by atoms with Gasteiger partial charge < -0.3 is 0 Å². The first-order chi connectivity index (χ1) is 4.52. The van der Waals surface area contributed by atoms with Gasteiger partial charge in [-0.2, -0.15) is 0 Å². The van der Waals surface area contributed by atoms with E-state index >= 15 is 0 Å². The monoisotopic (exact) mass is 163 g/mol. The second-order valence-corrected chi connectivity index (χ2v) is 4.36. The minimum atomic E-state index is -3.29. The first kappa shape index (κ1) is 7.53. The molecular weight excluding hydrogens is 154 g/mol. The van der Waals surface area contributed by atoms with Gasteiger partial charge in [0.25, 0.3) is 0 Å². The molecule has 0 atom stereocenters. The van der Waals surface area contributed by atoms with Crippen molar-refractivity contribution in [1.82, 2.24) is 4.72 Å². The van der Waals surface area contributed by atoms with Gasteiger partial charge in [-0.3, -0.25) is 9.52 Å². The van der Waals surface area contributed by atoms with E-state index in [1.54, 1.807) is 0 Å². The predicted octanol–water partition coefficient (Wildman–Crippen LogP) is -0.385. The molecule has 0 heterocycles. The molecule has 58 valence electrons. The van der Waals surface area contributed by atoms with E-state index in [0.717, 1.165) is 0 Å². The van der Waals surface area contributed by atoms with E-state index in [1.165, 1.54) is 6.92 Å². The summed E-state index contributed by atoms with van der Waals surface area (Å²) in [5.41, 5.74) is 0. The molecule has 0 aromatic carbocycles. The lowest BCUT2D eigenvalue weighted by atomic mass is 10.8. The summed E-state index contributed by atoms with van der Waals surface area (Å²) in [5, 5.41) is -0.309. The molecule has 0 aromatic rings. The molecule has 0 aliphatic heterocycles. The topological polar surface area (TPSA) is 63.2 Å². The second kappa shape index (κ2) is 2.23. The van der Waals surface area contributed by atoms with Gasteiger partial charge in [-0.25, -0.2) is 8.42 Å². The average molecular weight is 163 g/mol. The van der Waals surface area contributed by atoms with Crippen molar-refractivity contribution in [2.45, 2.75) is 25.0 Å². The van der Waals surface area contributed by atoms with Crippen LogP contribution in [-0.2, 0) is 14.8 Å². The summed E-state index contributed by atoms with van der Waals surface area (Å²) in [5.74, 6) is -0.507. The molecule has 0 saturated heterocycles. The molecule has 1 aliphatic rings. The molecule has 1 fully saturated rings. The van der Waals surface area contributed by atoms with Gasteiger partial charge >= 0.3 is 0 Å². The Bertz CT molecular complexity index is 240. The summed E-state index contributed by atoms with van der Waals surface area (Å²) in [4.78, 5) is 10.3. The summed E-state index contributed by atoms with van der Waals surface area (Å²) < 4.78 is 23.7. The lowest BCUT2D eigenvalue weighted by molar-refractivity contribution is -0.117. The highest BCUT2D eigenvalue weighted by molar-refractivity contribution is 7.90. The highest BCUT2D eigenvalue weighted by atomic mass is 32.2. The summed E-state index contributed by atoms with van der Waals surface area (Å²) in [6, 6.07) is 0. The van der Waals surface area contributed by atoms with Gasteiger partial charge in [-0.1, -0.05) is 0 Å². The summed E-state index contributed by atoms with van der Waals surface area (Å²) in [6.07, 6.45) is 1.37. The van der Waals surface area contributed by atoms with E-state index in [0.29, 0.717) is 12.8 Å². The van der Waals surface area contributed by atoms with Crippen LogP contribution in [0, 0.1) is 0 Å². The molecule has 5 heteroatoms. The van der Waals surface area contributed by atoms with Crippen LogP contribution >= 0.6 is 0 Å². The fraction of sp³-hybridized carbons (Fsp3) is 0.800. The maximum Gasteiger partial charge on any atom is 0.237 e. The molecule has 1 rings (SSSR count). The summed E-state index contributed by atoms with van der Waals surface area (Å²) in [7, 11) is -3.29. The van der Waals surface area contributed by atoms with Gasteiger partial charge in [0, 0.05) is 6.92 Å². The molecule has 0 bridgehead atoms. The Kier molecular flexibility index (Phi) is 1.68. The number of nitrogens with one attached hydrogen (secondary N) is 1. The van der Waals surface area contributed by atoms with Gasteiger partial charge in [0.1, 0.15) is 0 Å². The van der Waals surface area contributed by atoms with Gasteiger partial charge in [0.2, 0.25) is 15.9 Å². The molecule has 1 saturated carbocycles. The molecule has 1 N–H and O–H groups in total. The first-order valence-electron chi connectivity index (χ1n) is 3.04. The van der Waals surface area contributed by atoms with Crippen LogP contribution in [0.5, 0.6) is 0 Å². The molecular formula is C5H9NO3S. The van der Waals surface area contributed by atoms with Crippen molar-refractivity contribution in [3.05, 3.63) is 0 Å². The number of carbonyl (C=O) groups is 1. The van der Waals surface area contributed by atoms with Crippen molar-refractivity contribution in [3.8, 4) is 0 Å². The molecule has 0 aromatic heterocycles. The SMILES string of the molecule is CC(=O)NS(=O)(=O)C1CC1. The zero-order valence-electron chi connectivity index (χ0n) is 5.62. The average Bonchev–Trinajstić information content (AvgIpc) is 2.35. The van der Waals surface area contributed by atoms with Crippen molar-refractivity contribution in [1.29, 1.82) is 0 Å². The Morgan fingerprint density at radius 3 is 2.30 bits per heavy atom. The third-order valence-corrected chi connectivity index (χ3v) is 3.17. The third-order valence-electron chi connectivity index (χ3n) is 1.25. The number of hydrogen-bond donors (Lipinski definition) is 1. The molecule has 0 radical (unpaired) electrons. The van der Waals surface area contributed by atoms with Gasteiger partial charge in [-0.15, -0.1) is 0 Å². The van der Waals surface area contributed by atoms with E-state index < -0.39 is 15.9 Å². The van der Waals surface area contributed by atoms with Crippen molar-refractivity contribution in [2.24, 2.45) is 0 Å². The minimum Gasteiger partial charge on any atom is -0.274 e. The highest BCUT2D eigenvalue weighted by Gasteiger charge is 2.36. The molecule has 1 aliphatic carbocycles. The highest BCUT2D eigenvalue weighted by Crippen LogP contribution is 2.27. The van der Waals surface area contributed by atoms with Crippen LogP contribution in [0.1, 0.15) is 19.8 Å². The lowest BCUT2D eigenvalue weighted by Gasteiger charge is -1.99. The van der Waals surface area contributed by atoms with Crippen molar-refractivity contribution < 1.29 is 13.2 Å². The van der Waals surface area contributed by atoms with Crippen molar-refractivity contribution in [2.75, 3.05) is 0 Å². The Labute approximate surface area is 59.7 Å². The maximum atomic E-state index is 10.9. The molecule has 1 amide bonds. The lowest BCUT2D eigenvalue weighted by Crippen LogP contribution is -2.31. The Morgan fingerprint density at radius 2 is 2.00 bits per heavy atom. The van der Waals surface area contributed by atoms with Gasteiger partial charge in [0.15, 0.2) is 0 Å². The number of carbonyl (C=O) groups excluding carboxylic acids is 1. The summed E-state index contributed by atoms with van der Waals surface area (Å²) in [6.45, 7) is 1.19. The van der Waals surface area contributed by atoms with Crippen LogP contribution in [-0.4, -0.2) is 19.6 Å². The van der Waals surface area contributed by atoms with E-state index in [1.807, 2.05) is 4.72 Å². The maximum absolute atomic E-state index is 10.9. The standard InChI is InChI=1S/C5H9NO3S/c1-4(7)6-10(8,9)5-2-3-5/h5H,2-3H2,1H3,(H,6,7). The van der Waals surface area contributed by atoms with E-state index in [-0.39, 0.29) is 5.25 Å². The smallest absolute Gasteiger partial charge is 0.237 e. The fourth-order valence-corrected chi connectivity index (χ4v) is 1.99. The van der Waals surface area contributed by atoms with E-state index in [2.05, 4.69) is 0 Å². The number of rotatable bonds is 2. The van der Waals surface area contributed by atoms with Crippen LogP contribution in [0.15, 0.2) is 0 Å². The normalized spacial score (nSPS) is 18.5. The molecule has 4 nitrogen and oxygen atoms in total. The van der Waals surface area contributed by atoms with E-state index in [9.17, 15) is 13.2 Å². The fourth-order valence-electron chi connectivity index (χ4n) is 0.662. The van der Waals surface area contributed by atoms with Crippen LogP contribution in [0.4, 0.5) is 0 Å². The largest absolute Gasteiger partial charge is 0.274 e. The Morgan fingerprint density at radius 1 is 1.50 bits per heavy atom. The van der Waals surface area contributed by atoms with Gasteiger partial charge in [-0.05, 0) is 12.8 Å². The first-order valence-corrected chi connectivity index (χ1v) is 4.59. The number of amides is 1. The van der Waals surface area contributed by atoms with Gasteiger partial charge in [0.05, 0.1) is 5.25 Å². The quantitative estimate of drug-likeness (QED) is 0.603. The zero-order chi connectivity index (χ0) is 7.78. The number of hydrogen-bond acceptors (Lipinski definition) is 3. The number of sulfonamides is 1. The van der Waals surface area contributed by atoms with Crippen molar-refractivity contribution in [3.63, 3.8) is 0 Å². The Hall–Kier alpha value is -0.580. The second-order valence-electron chi connectivity index (χ2n) is 2.40. The molecule has 10 heavy (non-hydrogen) atoms. The summed E-state index contributed by atoms with van der Waals surface area (Å²) >= 11 is 0. The van der Waals surface area contributed by atoms with Crippen LogP contribution in [0.3, 0.4) is 0 Å². The molecule has 0 unspecified atom stereocenters. The third kappa shape index (κ3) is 1.70. The Balaban J connectivity index is 2.60. The predicted molar refractivity (Wildman–Crippen MR) is 35.8 cm³/mol. The van der Waals surface area contributed by atoms with Crippen LogP contribution in [0.25, 0.3) is 0 Å². The minimum absolute atomic E-state index is 0.309. The van der Waals surface area contributed by atoms with Crippen LogP contribution < -0.4 is 4.72 Å². The van der Waals surface area contributed by atoms with E-state index in [4.69, 9.17) is 0 Å².